The number of hydrogen-bond donors (Lipinski definition) is 3. The minimum atomic E-state index is -0.844. The summed E-state index contributed by atoms with van der Waals surface area (Å²) in [4.78, 5) is 24.5. The fourth-order valence-corrected chi connectivity index (χ4v) is 9.93. The monoisotopic (exact) mass is 1050 g/mol. The number of amides is 1. The van der Waals surface area contributed by atoms with Crippen LogP contribution in [0.5, 0.6) is 0 Å². The highest BCUT2D eigenvalue weighted by molar-refractivity contribution is 5.76. The van der Waals surface area contributed by atoms with Gasteiger partial charge in [-0.2, -0.15) is 0 Å². The molecule has 2 atom stereocenters. The Hall–Kier alpha value is -2.44. The summed E-state index contributed by atoms with van der Waals surface area (Å²) in [7, 11) is 0. The molecule has 0 aromatic rings. The Morgan fingerprint density at radius 2 is 0.667 bits per heavy atom. The molecule has 6 nitrogen and oxygen atoms in total. The maximum absolute atomic E-state index is 12.4. The van der Waals surface area contributed by atoms with E-state index in [2.05, 4.69) is 67.8 Å². The van der Waals surface area contributed by atoms with Gasteiger partial charge in [0.15, 0.2) is 0 Å². The molecule has 0 spiro atoms. The van der Waals surface area contributed by atoms with Gasteiger partial charge in [0.25, 0.3) is 0 Å². The maximum Gasteiger partial charge on any atom is 0.305 e. The van der Waals surface area contributed by atoms with Crippen molar-refractivity contribution >= 4 is 11.9 Å². The first-order valence-corrected chi connectivity index (χ1v) is 33.1. The lowest BCUT2D eigenvalue weighted by molar-refractivity contribution is -0.143. The normalized spacial score (nSPS) is 13.0. The molecular weight excluding hydrogens is 923 g/mol. The van der Waals surface area contributed by atoms with Crippen molar-refractivity contribution in [1.29, 1.82) is 0 Å². The molecule has 0 radical (unpaired) electrons. The van der Waals surface area contributed by atoms with Gasteiger partial charge in [0.2, 0.25) is 5.91 Å². The van der Waals surface area contributed by atoms with Crippen molar-refractivity contribution in [1.82, 2.24) is 5.32 Å². The molecule has 0 rings (SSSR count). The third kappa shape index (κ3) is 60.6. The molecule has 0 aromatic carbocycles. The zero-order valence-electron chi connectivity index (χ0n) is 50.0. The molecule has 0 fully saturated rings. The van der Waals surface area contributed by atoms with Crippen molar-refractivity contribution in [3.63, 3.8) is 0 Å². The van der Waals surface area contributed by atoms with Crippen LogP contribution < -0.4 is 5.32 Å². The molecule has 0 bridgehead atoms. The Morgan fingerprint density at radius 1 is 0.373 bits per heavy atom. The van der Waals surface area contributed by atoms with Gasteiger partial charge in [-0.05, 0) is 96.3 Å². The molecule has 438 valence electrons. The van der Waals surface area contributed by atoms with Crippen LogP contribution in [0.4, 0.5) is 0 Å². The first-order chi connectivity index (χ1) is 37.0. The van der Waals surface area contributed by atoms with Gasteiger partial charge in [-0.15, -0.1) is 0 Å². The quantitative estimate of drug-likeness (QED) is 0.0320. The Labute approximate surface area is 467 Å². The molecule has 0 heterocycles. The third-order valence-electron chi connectivity index (χ3n) is 15.0. The van der Waals surface area contributed by atoms with E-state index in [9.17, 15) is 19.8 Å². The van der Waals surface area contributed by atoms with Crippen LogP contribution in [-0.4, -0.2) is 47.4 Å². The van der Waals surface area contributed by atoms with Gasteiger partial charge in [-0.25, -0.2) is 0 Å². The summed E-state index contributed by atoms with van der Waals surface area (Å²) in [5, 5.41) is 23.0. The number of esters is 1. The molecule has 2 unspecified atom stereocenters. The number of aliphatic hydroxyl groups is 2. The van der Waals surface area contributed by atoms with Gasteiger partial charge in [0.05, 0.1) is 25.4 Å². The van der Waals surface area contributed by atoms with Crippen LogP contribution in [0.25, 0.3) is 0 Å². The molecule has 75 heavy (non-hydrogen) atoms. The van der Waals surface area contributed by atoms with Crippen LogP contribution in [0, 0.1) is 0 Å². The average Bonchev–Trinajstić information content (AvgIpc) is 3.41. The van der Waals surface area contributed by atoms with Crippen molar-refractivity contribution < 1.29 is 24.5 Å². The molecule has 0 saturated carbocycles. The van der Waals surface area contributed by atoms with Crippen molar-refractivity contribution in [3.05, 3.63) is 60.8 Å². The SMILES string of the molecule is CCCCC/C=C\C/C=C\CCCCCCCCCCCC(=O)OCCCCCCCCCCC/C=C\C/C=C\CCCCCCCCCCCCCCCC(=O)NC(CO)C(O)/C=C/CCCCCCCCCC. The molecule has 0 aromatic heterocycles. The highest BCUT2D eigenvalue weighted by Crippen LogP contribution is 2.17. The van der Waals surface area contributed by atoms with Crippen LogP contribution in [-0.2, 0) is 14.3 Å². The number of carbonyl (C=O) groups excluding carboxylic acids is 2. The lowest BCUT2D eigenvalue weighted by atomic mass is 10.0. The van der Waals surface area contributed by atoms with Gasteiger partial charge in [-0.1, -0.05) is 293 Å². The van der Waals surface area contributed by atoms with E-state index in [1.54, 1.807) is 6.08 Å². The molecular formula is C69H127NO5. The second kappa shape index (κ2) is 64.1. The lowest BCUT2D eigenvalue weighted by Crippen LogP contribution is -2.45. The minimum absolute atomic E-state index is 0.00744. The van der Waals surface area contributed by atoms with E-state index < -0.39 is 12.1 Å². The van der Waals surface area contributed by atoms with E-state index in [0.29, 0.717) is 19.4 Å². The van der Waals surface area contributed by atoms with E-state index in [4.69, 9.17) is 4.74 Å². The molecule has 0 aliphatic carbocycles. The van der Waals surface area contributed by atoms with E-state index in [1.165, 1.54) is 257 Å². The standard InChI is InChI=1S/C69H127NO5/c1-3-5-7-9-11-13-15-16-17-18-30-34-37-40-43-47-51-55-59-63-69(74)75-64-60-56-52-48-44-41-38-35-32-29-27-25-23-21-19-20-22-24-26-28-31-33-36-39-42-46-50-54-58-62-68(73)70-66(65-71)67(72)61-57-53-49-45-14-12-10-8-6-4-2/h11,13,16-17,19,21,25,27,57,61,66-67,71-72H,3-10,12,14-15,18,20,22-24,26,28-56,58-60,62-65H2,1-2H3,(H,70,73)/b13-11-,17-16-,21-19-,27-25-,61-57+. The molecule has 6 heteroatoms. The Morgan fingerprint density at radius 3 is 1.04 bits per heavy atom. The van der Waals surface area contributed by atoms with Crippen molar-refractivity contribution in [2.75, 3.05) is 13.2 Å². The summed E-state index contributed by atoms with van der Waals surface area (Å²) >= 11 is 0. The van der Waals surface area contributed by atoms with Crippen molar-refractivity contribution in [2.24, 2.45) is 0 Å². The Kier molecular flexibility index (Phi) is 62.0. The number of ether oxygens (including phenoxy) is 1. The number of unbranched alkanes of at least 4 members (excludes halogenated alkanes) is 42. The van der Waals surface area contributed by atoms with Crippen LogP contribution >= 0.6 is 0 Å². The van der Waals surface area contributed by atoms with Gasteiger partial charge >= 0.3 is 5.97 Å². The number of rotatable bonds is 61. The Balaban J connectivity index is 3.39. The number of aliphatic hydroxyl groups excluding tert-OH is 2. The van der Waals surface area contributed by atoms with E-state index >= 15 is 0 Å². The second-order valence-corrected chi connectivity index (χ2v) is 22.4. The van der Waals surface area contributed by atoms with Crippen molar-refractivity contribution in [3.8, 4) is 0 Å². The van der Waals surface area contributed by atoms with E-state index in [-0.39, 0.29) is 18.5 Å². The summed E-state index contributed by atoms with van der Waals surface area (Å²) in [6, 6.07) is -0.628. The van der Waals surface area contributed by atoms with Gasteiger partial charge in [0.1, 0.15) is 0 Å². The zero-order chi connectivity index (χ0) is 54.3. The molecule has 0 aliphatic heterocycles. The van der Waals surface area contributed by atoms with E-state index in [1.807, 2.05) is 6.08 Å². The van der Waals surface area contributed by atoms with Crippen LogP contribution in [0.3, 0.4) is 0 Å². The van der Waals surface area contributed by atoms with Gasteiger partial charge in [-0.3, -0.25) is 9.59 Å². The van der Waals surface area contributed by atoms with E-state index in [0.717, 1.165) is 57.8 Å². The van der Waals surface area contributed by atoms with Gasteiger partial charge in [0, 0.05) is 12.8 Å². The summed E-state index contributed by atoms with van der Waals surface area (Å²) in [6.07, 6.45) is 84.3. The molecule has 1 amide bonds. The average molecular weight is 1050 g/mol. The minimum Gasteiger partial charge on any atom is -0.466 e. The van der Waals surface area contributed by atoms with Crippen molar-refractivity contribution in [2.45, 2.75) is 353 Å². The lowest BCUT2D eigenvalue weighted by Gasteiger charge is -2.20. The maximum atomic E-state index is 12.4. The fraction of sp³-hybridized carbons (Fsp3) is 0.826. The third-order valence-corrected chi connectivity index (χ3v) is 15.0. The fourth-order valence-electron chi connectivity index (χ4n) is 9.93. The largest absolute Gasteiger partial charge is 0.466 e. The number of carbonyl (C=O) groups is 2. The summed E-state index contributed by atoms with van der Waals surface area (Å²) in [5.74, 6) is -0.0635. The van der Waals surface area contributed by atoms with Crippen LogP contribution in [0.2, 0.25) is 0 Å². The topological polar surface area (TPSA) is 95.9 Å². The molecule has 0 saturated heterocycles. The van der Waals surface area contributed by atoms with Crippen LogP contribution in [0.1, 0.15) is 341 Å². The molecule has 3 N–H and O–H groups in total. The zero-order valence-corrected chi connectivity index (χ0v) is 50.0. The number of nitrogens with one attached hydrogen (secondary N) is 1. The molecule has 0 aliphatic rings. The summed E-state index contributed by atoms with van der Waals surface area (Å²) in [6.45, 7) is 4.86. The first kappa shape index (κ1) is 72.6. The second-order valence-electron chi connectivity index (χ2n) is 22.4. The predicted octanol–water partition coefficient (Wildman–Crippen LogP) is 21.1. The summed E-state index contributed by atoms with van der Waals surface area (Å²) in [5.41, 5.74) is 0. The van der Waals surface area contributed by atoms with Crippen LogP contribution in [0.15, 0.2) is 60.8 Å². The number of allylic oxidation sites excluding steroid dienone is 9. The highest BCUT2D eigenvalue weighted by Gasteiger charge is 2.18. The highest BCUT2D eigenvalue weighted by atomic mass is 16.5. The first-order valence-electron chi connectivity index (χ1n) is 33.1. The predicted molar refractivity (Wildman–Crippen MR) is 328 cm³/mol. The smallest absolute Gasteiger partial charge is 0.305 e. The van der Waals surface area contributed by atoms with Gasteiger partial charge < -0.3 is 20.3 Å². The number of hydrogen-bond acceptors (Lipinski definition) is 5. The Bertz CT molecular complexity index is 1300. The summed E-state index contributed by atoms with van der Waals surface area (Å²) < 4.78 is 5.50.